The van der Waals surface area contributed by atoms with Crippen molar-refractivity contribution in [1.82, 2.24) is 9.13 Å². The summed E-state index contributed by atoms with van der Waals surface area (Å²) >= 11 is 0. The standard InChI is InChI=1S/C40H32F4N2O7/c1-19-25(16-34(48)49)26-15-33(29(44)18-30(26)45(19)37(50)21-8-6-10-23(41)12-21)53-39(52)36(40(3,4)5)35-20(2)46(31-17-28(43)32(47)14-27(31)35)38(51)22-9-7-11-24(42)13-22/h6-15,17-18,36,47H,16H2,1-5H3,(H,48,49). The number of carbonyl (C=O) groups excluding carboxylic acids is 3. The van der Waals surface area contributed by atoms with Crippen molar-refractivity contribution in [2.24, 2.45) is 5.41 Å². The molecule has 0 aliphatic rings. The quantitative estimate of drug-likeness (QED) is 0.0964. The summed E-state index contributed by atoms with van der Waals surface area (Å²) in [7, 11) is 0. The number of carboxylic acids is 1. The van der Waals surface area contributed by atoms with Crippen LogP contribution in [0.3, 0.4) is 0 Å². The monoisotopic (exact) mass is 728 g/mol. The predicted octanol–water partition coefficient (Wildman–Crippen LogP) is 8.21. The molecule has 6 rings (SSSR count). The molecule has 2 heterocycles. The Hall–Kier alpha value is -6.24. The molecule has 0 bridgehead atoms. The Kier molecular flexibility index (Phi) is 9.23. The third-order valence-electron chi connectivity index (χ3n) is 9.19. The number of aromatic nitrogens is 2. The SMILES string of the molecule is Cc1c(CC(=O)O)c2cc(OC(=O)C(c3c(C)n(C(=O)c4cccc(F)c4)c4cc(F)c(O)cc34)C(C)(C)C)c(F)cc2n1C(=O)c1cccc(F)c1. The molecule has 0 saturated carbocycles. The number of rotatable bonds is 7. The number of phenols is 1. The van der Waals surface area contributed by atoms with Gasteiger partial charge in [0, 0.05) is 45.4 Å². The van der Waals surface area contributed by atoms with Crippen LogP contribution in [0.15, 0.2) is 72.8 Å². The average molecular weight is 729 g/mol. The lowest BCUT2D eigenvalue weighted by molar-refractivity contribution is -0.139. The molecule has 0 spiro atoms. The zero-order valence-corrected chi connectivity index (χ0v) is 29.1. The summed E-state index contributed by atoms with van der Waals surface area (Å²) < 4.78 is 66.8. The summed E-state index contributed by atoms with van der Waals surface area (Å²) in [5, 5.41) is 20.3. The number of phenolic OH excluding ortho intramolecular Hbond substituents is 1. The number of ether oxygens (including phenoxy) is 1. The highest BCUT2D eigenvalue weighted by Crippen LogP contribution is 2.44. The van der Waals surface area contributed by atoms with Crippen LogP contribution in [0.1, 0.15) is 69.9 Å². The van der Waals surface area contributed by atoms with Crippen LogP contribution in [0.5, 0.6) is 11.5 Å². The molecular formula is C40H32F4N2O7. The fraction of sp³-hybridized carbons (Fsp3) is 0.200. The van der Waals surface area contributed by atoms with E-state index in [4.69, 9.17) is 4.74 Å². The van der Waals surface area contributed by atoms with Crippen molar-refractivity contribution >= 4 is 45.6 Å². The average Bonchev–Trinajstić information content (AvgIpc) is 3.48. The Morgan fingerprint density at radius 2 is 1.26 bits per heavy atom. The van der Waals surface area contributed by atoms with Gasteiger partial charge in [-0.2, -0.15) is 0 Å². The Morgan fingerprint density at radius 1 is 0.736 bits per heavy atom. The summed E-state index contributed by atoms with van der Waals surface area (Å²) in [6.07, 6.45) is -0.590. The third-order valence-corrected chi connectivity index (χ3v) is 9.19. The lowest BCUT2D eigenvalue weighted by Crippen LogP contribution is -2.31. The minimum Gasteiger partial charge on any atom is -0.505 e. The highest BCUT2D eigenvalue weighted by Gasteiger charge is 2.40. The minimum atomic E-state index is -1.30. The first kappa shape index (κ1) is 36.5. The summed E-state index contributed by atoms with van der Waals surface area (Å²) in [5.74, 6) is -10.0. The van der Waals surface area contributed by atoms with Crippen LogP contribution in [-0.4, -0.2) is 43.1 Å². The second kappa shape index (κ2) is 13.4. The maximum Gasteiger partial charge on any atom is 0.319 e. The van der Waals surface area contributed by atoms with Crippen LogP contribution >= 0.6 is 0 Å². The van der Waals surface area contributed by atoms with E-state index in [1.54, 1.807) is 20.8 Å². The van der Waals surface area contributed by atoms with Crippen LogP contribution in [0, 0.1) is 42.5 Å². The van der Waals surface area contributed by atoms with E-state index < -0.39 is 76.3 Å². The third kappa shape index (κ3) is 6.54. The van der Waals surface area contributed by atoms with Gasteiger partial charge in [0.15, 0.2) is 23.1 Å². The number of aliphatic carboxylic acids is 1. The first-order valence-electron chi connectivity index (χ1n) is 16.3. The topological polar surface area (TPSA) is 128 Å². The van der Waals surface area contributed by atoms with Gasteiger partial charge in [0.2, 0.25) is 0 Å². The molecule has 53 heavy (non-hydrogen) atoms. The van der Waals surface area contributed by atoms with Crippen molar-refractivity contribution in [3.05, 3.63) is 130 Å². The number of fused-ring (bicyclic) bond motifs is 2. The highest BCUT2D eigenvalue weighted by atomic mass is 19.1. The summed E-state index contributed by atoms with van der Waals surface area (Å²) in [5.41, 5.74) is -0.718. The molecule has 0 fully saturated rings. The second-order valence-corrected chi connectivity index (χ2v) is 13.8. The highest BCUT2D eigenvalue weighted by molar-refractivity contribution is 6.07. The van der Waals surface area contributed by atoms with Gasteiger partial charge in [0.1, 0.15) is 11.6 Å². The van der Waals surface area contributed by atoms with Crippen LogP contribution < -0.4 is 4.74 Å². The van der Waals surface area contributed by atoms with E-state index in [0.29, 0.717) is 0 Å². The molecule has 1 unspecified atom stereocenters. The molecule has 4 aromatic carbocycles. The predicted molar refractivity (Wildman–Crippen MR) is 186 cm³/mol. The molecular weight excluding hydrogens is 696 g/mol. The fourth-order valence-corrected chi connectivity index (χ4v) is 6.84. The number of hydrogen-bond acceptors (Lipinski definition) is 6. The molecule has 0 aliphatic heterocycles. The second-order valence-electron chi connectivity index (χ2n) is 13.8. The maximum atomic E-state index is 16.0. The van der Waals surface area contributed by atoms with E-state index in [1.165, 1.54) is 38.1 Å². The Balaban J connectivity index is 1.50. The van der Waals surface area contributed by atoms with Gasteiger partial charge >= 0.3 is 11.9 Å². The van der Waals surface area contributed by atoms with Gasteiger partial charge < -0.3 is 14.9 Å². The number of nitrogens with zero attached hydrogens (tertiary/aromatic N) is 2. The number of carboxylic acid groups (broad SMARTS) is 1. The Bertz CT molecular complexity index is 2530. The minimum absolute atomic E-state index is 0.0326. The van der Waals surface area contributed by atoms with Crippen LogP contribution in [-0.2, 0) is 16.0 Å². The van der Waals surface area contributed by atoms with Crippen molar-refractivity contribution in [2.75, 3.05) is 0 Å². The molecule has 13 heteroatoms. The van der Waals surface area contributed by atoms with E-state index in [2.05, 4.69) is 0 Å². The largest absolute Gasteiger partial charge is 0.505 e. The molecule has 272 valence electrons. The van der Waals surface area contributed by atoms with Gasteiger partial charge in [-0.15, -0.1) is 0 Å². The normalized spacial score (nSPS) is 12.3. The summed E-state index contributed by atoms with van der Waals surface area (Å²) in [6, 6.07) is 13.6. The van der Waals surface area contributed by atoms with Crippen molar-refractivity contribution in [2.45, 2.75) is 47.0 Å². The molecule has 1 atom stereocenters. The lowest BCUT2D eigenvalue weighted by atomic mass is 9.75. The fourth-order valence-electron chi connectivity index (χ4n) is 6.84. The van der Waals surface area contributed by atoms with E-state index in [-0.39, 0.29) is 55.4 Å². The molecule has 0 aliphatic carbocycles. The van der Waals surface area contributed by atoms with Gasteiger partial charge in [-0.1, -0.05) is 32.9 Å². The van der Waals surface area contributed by atoms with Crippen LogP contribution in [0.2, 0.25) is 0 Å². The van der Waals surface area contributed by atoms with E-state index in [1.807, 2.05) is 0 Å². The molecule has 2 N–H and O–H groups in total. The Labute approximate surface area is 299 Å². The molecule has 0 amide bonds. The van der Waals surface area contributed by atoms with Gasteiger partial charge in [0.05, 0.1) is 23.4 Å². The molecule has 0 saturated heterocycles. The summed E-state index contributed by atoms with van der Waals surface area (Å²) in [4.78, 5) is 53.5. The zero-order chi connectivity index (χ0) is 38.7. The number of carbonyl (C=O) groups is 4. The lowest BCUT2D eigenvalue weighted by Gasteiger charge is -2.29. The molecule has 0 radical (unpaired) electrons. The van der Waals surface area contributed by atoms with Crippen molar-refractivity contribution in [3.63, 3.8) is 0 Å². The number of halogens is 4. The van der Waals surface area contributed by atoms with Crippen molar-refractivity contribution < 1.29 is 51.7 Å². The van der Waals surface area contributed by atoms with E-state index in [9.17, 15) is 42.6 Å². The van der Waals surface area contributed by atoms with Gasteiger partial charge in [-0.05, 0) is 78.9 Å². The first-order valence-corrected chi connectivity index (χ1v) is 16.3. The number of benzene rings is 4. The van der Waals surface area contributed by atoms with Crippen LogP contribution in [0.4, 0.5) is 17.6 Å². The molecule has 6 aromatic rings. The van der Waals surface area contributed by atoms with Gasteiger partial charge in [-0.25, -0.2) is 17.6 Å². The van der Waals surface area contributed by atoms with E-state index in [0.717, 1.165) is 57.7 Å². The summed E-state index contributed by atoms with van der Waals surface area (Å²) in [6.45, 7) is 7.96. The van der Waals surface area contributed by atoms with Crippen molar-refractivity contribution in [1.29, 1.82) is 0 Å². The van der Waals surface area contributed by atoms with Crippen molar-refractivity contribution in [3.8, 4) is 11.5 Å². The maximum absolute atomic E-state index is 16.0. The zero-order valence-electron chi connectivity index (χ0n) is 29.1. The Morgan fingerprint density at radius 3 is 1.79 bits per heavy atom. The number of esters is 1. The van der Waals surface area contributed by atoms with E-state index >= 15 is 4.39 Å². The van der Waals surface area contributed by atoms with Gasteiger partial charge in [-0.3, -0.25) is 28.3 Å². The molecule has 9 nitrogen and oxygen atoms in total. The number of aromatic hydroxyl groups is 1. The van der Waals surface area contributed by atoms with Gasteiger partial charge in [0.25, 0.3) is 11.8 Å². The van der Waals surface area contributed by atoms with Crippen LogP contribution in [0.25, 0.3) is 21.8 Å². The smallest absolute Gasteiger partial charge is 0.319 e. The molecule has 2 aromatic heterocycles. The first-order chi connectivity index (χ1) is 24.9. The number of hydrogen-bond donors (Lipinski definition) is 2.